The van der Waals surface area contributed by atoms with Crippen molar-refractivity contribution in [1.29, 1.82) is 0 Å². The summed E-state index contributed by atoms with van der Waals surface area (Å²) < 4.78 is 5.91. The first-order valence-electron chi connectivity index (χ1n) is 18.2. The second-order valence-electron chi connectivity index (χ2n) is 13.8. The normalized spacial score (nSPS) is 20.2. The molecule has 2 fully saturated rings. The van der Waals surface area contributed by atoms with Crippen molar-refractivity contribution in [3.8, 4) is 0 Å². The average Bonchev–Trinajstić information content (AvgIpc) is 3.54. The number of ketones is 1. The SMILES string of the molecule is CCCCOC1CC(C(=O)NCC(=O)C(=O)NCC(=O)NC(C(=O)N(C)C)c2ccccc2)N(C(=O)CNC(=O)CC2C=CC=C(C3CCC3)C2)C1. The van der Waals surface area contributed by atoms with Crippen molar-refractivity contribution >= 4 is 41.2 Å². The maximum Gasteiger partial charge on any atom is 0.289 e. The van der Waals surface area contributed by atoms with Gasteiger partial charge in [-0.3, -0.25) is 33.6 Å². The molecule has 1 aliphatic heterocycles. The van der Waals surface area contributed by atoms with Crippen LogP contribution in [0.15, 0.2) is 54.1 Å². The van der Waals surface area contributed by atoms with Gasteiger partial charge in [0, 0.05) is 40.1 Å². The van der Waals surface area contributed by atoms with Gasteiger partial charge in [0.05, 0.1) is 25.7 Å². The number of carbonyl (C=O) groups is 7. The van der Waals surface area contributed by atoms with Crippen molar-refractivity contribution in [3.63, 3.8) is 0 Å². The Labute approximate surface area is 305 Å². The van der Waals surface area contributed by atoms with Gasteiger partial charge < -0.3 is 35.8 Å². The van der Waals surface area contributed by atoms with Crippen LogP contribution in [-0.2, 0) is 38.3 Å². The monoisotopic (exact) mass is 720 g/mol. The molecule has 4 unspecified atom stereocenters. The number of nitrogens with zero attached hydrogens (tertiary/aromatic N) is 2. The molecule has 52 heavy (non-hydrogen) atoms. The van der Waals surface area contributed by atoms with Crippen molar-refractivity contribution in [1.82, 2.24) is 31.1 Å². The fraction of sp³-hybridized carbons (Fsp3) is 0.553. The predicted molar refractivity (Wildman–Crippen MR) is 192 cm³/mol. The number of hydrogen-bond donors (Lipinski definition) is 4. The Morgan fingerprint density at radius 2 is 1.69 bits per heavy atom. The zero-order valence-corrected chi connectivity index (χ0v) is 30.4. The number of nitrogens with one attached hydrogen (secondary N) is 4. The Morgan fingerprint density at radius 3 is 2.37 bits per heavy atom. The summed E-state index contributed by atoms with van der Waals surface area (Å²) in [6.45, 7) is 1.09. The van der Waals surface area contributed by atoms with E-state index in [-0.39, 0.29) is 43.7 Å². The van der Waals surface area contributed by atoms with Crippen molar-refractivity contribution in [3.05, 3.63) is 59.7 Å². The van der Waals surface area contributed by atoms with E-state index in [1.807, 2.05) is 19.1 Å². The third-order valence-corrected chi connectivity index (χ3v) is 9.65. The van der Waals surface area contributed by atoms with Crippen LogP contribution in [0.2, 0.25) is 0 Å². The second kappa shape index (κ2) is 19.7. The van der Waals surface area contributed by atoms with Crippen molar-refractivity contribution in [2.45, 2.75) is 76.5 Å². The Kier molecular flexibility index (Phi) is 15.1. The Bertz CT molecular complexity index is 1520. The number of unbranched alkanes of at least 4 members (excludes halogenated alkanes) is 1. The van der Waals surface area contributed by atoms with Gasteiger partial charge in [0.1, 0.15) is 12.1 Å². The lowest BCUT2D eigenvalue weighted by Gasteiger charge is -2.31. The summed E-state index contributed by atoms with van der Waals surface area (Å²) in [6.07, 6.45) is 12.4. The molecule has 4 rings (SSSR count). The first kappa shape index (κ1) is 39.9. The van der Waals surface area contributed by atoms with E-state index < -0.39 is 60.7 Å². The molecule has 0 aromatic heterocycles. The number of allylic oxidation sites excluding steroid dienone is 4. The van der Waals surface area contributed by atoms with Crippen LogP contribution in [0.25, 0.3) is 0 Å². The first-order chi connectivity index (χ1) is 25.0. The lowest BCUT2D eigenvalue weighted by atomic mass is 9.74. The highest BCUT2D eigenvalue weighted by Crippen LogP contribution is 2.38. The number of hydrogen-bond acceptors (Lipinski definition) is 8. The van der Waals surface area contributed by atoms with Gasteiger partial charge in [-0.15, -0.1) is 0 Å². The van der Waals surface area contributed by atoms with Gasteiger partial charge >= 0.3 is 0 Å². The van der Waals surface area contributed by atoms with Gasteiger partial charge in [-0.05, 0) is 43.1 Å². The molecule has 14 nitrogen and oxygen atoms in total. The van der Waals surface area contributed by atoms with Gasteiger partial charge in [0.25, 0.3) is 5.91 Å². The standard InChI is InChI=1S/C38H52N6O8/c1-4-5-17-52-29-20-30(44(24-29)34(48)23-39-32(46)19-25-11-9-16-28(18-25)26-14-10-15-26)36(49)40-21-31(45)37(50)41-22-33(47)42-35(38(51)43(2)3)27-12-7-6-8-13-27/h6-9,11-13,16,25-26,29-30,35H,4-5,10,14-15,17-24H2,1-3H3,(H,39,46)(H,40,49)(H,41,50)(H,42,47). The fourth-order valence-electron chi connectivity index (χ4n) is 6.45. The predicted octanol–water partition coefficient (Wildman–Crippen LogP) is 1.33. The molecule has 1 heterocycles. The molecule has 0 spiro atoms. The van der Waals surface area contributed by atoms with Crippen LogP contribution < -0.4 is 21.3 Å². The number of Topliss-reactive ketones (excluding diaryl/α,β-unsaturated/α-hetero) is 1. The van der Waals surface area contributed by atoms with Gasteiger partial charge in [-0.25, -0.2) is 0 Å². The van der Waals surface area contributed by atoms with Crippen LogP contribution >= 0.6 is 0 Å². The van der Waals surface area contributed by atoms with Gasteiger partial charge in [-0.1, -0.05) is 73.9 Å². The maximum absolute atomic E-state index is 13.3. The number of likely N-dealkylation sites (N-methyl/N-ethyl adjacent to an activating group) is 1. The highest BCUT2D eigenvalue weighted by molar-refractivity contribution is 6.37. The summed E-state index contributed by atoms with van der Waals surface area (Å²) in [7, 11) is 3.10. The second-order valence-corrected chi connectivity index (χ2v) is 13.8. The molecule has 0 bridgehead atoms. The zero-order chi connectivity index (χ0) is 37.6. The fourth-order valence-corrected chi connectivity index (χ4v) is 6.45. The minimum absolute atomic E-state index is 0.0694. The van der Waals surface area contributed by atoms with E-state index in [2.05, 4.69) is 27.3 Å². The summed E-state index contributed by atoms with van der Waals surface area (Å²) in [4.78, 5) is 92.5. The number of likely N-dealkylation sites (tertiary alicyclic amines) is 1. The topological polar surface area (TPSA) is 183 Å². The number of rotatable bonds is 18. The third-order valence-electron chi connectivity index (χ3n) is 9.65. The molecule has 1 saturated heterocycles. The van der Waals surface area contributed by atoms with E-state index in [0.717, 1.165) is 19.3 Å². The molecule has 1 saturated carbocycles. The molecule has 0 radical (unpaired) electrons. The zero-order valence-electron chi connectivity index (χ0n) is 30.4. The number of benzene rings is 1. The van der Waals surface area contributed by atoms with Gasteiger partial charge in [-0.2, -0.15) is 0 Å². The summed E-state index contributed by atoms with van der Waals surface area (Å²) in [6, 6.07) is 6.63. The van der Waals surface area contributed by atoms with Crippen LogP contribution in [0.3, 0.4) is 0 Å². The molecular weight excluding hydrogens is 668 g/mol. The summed E-state index contributed by atoms with van der Waals surface area (Å²) in [5, 5.41) is 9.95. The molecule has 1 aromatic rings. The van der Waals surface area contributed by atoms with E-state index in [1.165, 1.54) is 34.6 Å². The molecule has 4 N–H and O–H groups in total. The van der Waals surface area contributed by atoms with Gasteiger partial charge in [0.15, 0.2) is 0 Å². The molecule has 2 aliphatic carbocycles. The first-order valence-corrected chi connectivity index (χ1v) is 18.2. The third kappa shape index (κ3) is 11.6. The molecule has 1 aromatic carbocycles. The molecule has 14 heteroatoms. The van der Waals surface area contributed by atoms with Crippen LogP contribution in [0.4, 0.5) is 0 Å². The molecule has 6 amide bonds. The molecule has 4 atom stereocenters. The quantitative estimate of drug-likeness (QED) is 0.129. The highest BCUT2D eigenvalue weighted by atomic mass is 16.5. The van der Waals surface area contributed by atoms with Crippen LogP contribution in [-0.4, -0.2) is 110 Å². The minimum Gasteiger partial charge on any atom is -0.376 e. The molecule has 3 aliphatic rings. The smallest absolute Gasteiger partial charge is 0.289 e. The Hall–Kier alpha value is -4.85. The summed E-state index contributed by atoms with van der Waals surface area (Å²) >= 11 is 0. The van der Waals surface area contributed by atoms with Crippen LogP contribution in [0.5, 0.6) is 0 Å². The Morgan fingerprint density at radius 1 is 0.942 bits per heavy atom. The van der Waals surface area contributed by atoms with Gasteiger partial charge in [0.2, 0.25) is 35.3 Å². The summed E-state index contributed by atoms with van der Waals surface area (Å²) in [5.74, 6) is -3.85. The van der Waals surface area contributed by atoms with E-state index in [4.69, 9.17) is 4.74 Å². The number of carbonyl (C=O) groups excluding carboxylic acids is 7. The molecular formula is C38H52N6O8. The largest absolute Gasteiger partial charge is 0.376 e. The Balaban J connectivity index is 1.25. The highest BCUT2D eigenvalue weighted by Gasteiger charge is 2.40. The van der Waals surface area contributed by atoms with E-state index in [1.54, 1.807) is 44.4 Å². The number of amides is 6. The van der Waals surface area contributed by atoms with Crippen LogP contribution in [0.1, 0.15) is 69.9 Å². The maximum atomic E-state index is 13.3. The lowest BCUT2D eigenvalue weighted by Crippen LogP contribution is -2.51. The molecule has 282 valence electrons. The van der Waals surface area contributed by atoms with E-state index in [0.29, 0.717) is 18.1 Å². The van der Waals surface area contributed by atoms with Crippen molar-refractivity contribution in [2.24, 2.45) is 11.8 Å². The number of ether oxygens (including phenoxy) is 1. The lowest BCUT2D eigenvalue weighted by molar-refractivity contribution is -0.140. The van der Waals surface area contributed by atoms with E-state index >= 15 is 0 Å². The van der Waals surface area contributed by atoms with Crippen molar-refractivity contribution < 1.29 is 38.3 Å². The average molecular weight is 721 g/mol. The van der Waals surface area contributed by atoms with E-state index in [9.17, 15) is 33.6 Å². The van der Waals surface area contributed by atoms with Crippen molar-refractivity contribution in [2.75, 3.05) is 46.9 Å². The minimum atomic E-state index is -1.10. The summed E-state index contributed by atoms with van der Waals surface area (Å²) in [5.41, 5.74) is 1.93. The van der Waals surface area contributed by atoms with Crippen LogP contribution in [0, 0.1) is 11.8 Å².